The van der Waals surface area contributed by atoms with Crippen LogP contribution in [0.5, 0.6) is 0 Å². The molecule has 4 heteroatoms. The van der Waals surface area contributed by atoms with E-state index in [0.717, 1.165) is 31.0 Å². The molecule has 0 radical (unpaired) electrons. The van der Waals surface area contributed by atoms with E-state index in [0.29, 0.717) is 5.92 Å². The number of hydrogen-bond acceptors (Lipinski definition) is 4. The summed E-state index contributed by atoms with van der Waals surface area (Å²) in [5.74, 6) is 1.60. The Bertz CT molecular complexity index is 605. The van der Waals surface area contributed by atoms with Crippen LogP contribution in [0.25, 0.3) is 0 Å². The number of nitrogens with one attached hydrogen (secondary N) is 1. The Hall–Kier alpha value is -1.81. The Kier molecular flexibility index (Phi) is 2.55. The molecule has 1 aliphatic carbocycles. The molecule has 1 fully saturated rings. The van der Waals surface area contributed by atoms with Gasteiger partial charge in [-0.1, -0.05) is 6.07 Å². The number of nitrogens with zero attached hydrogens (tertiary/aromatic N) is 3. The first-order valence-corrected chi connectivity index (χ1v) is 6.89. The molecule has 4 rings (SSSR count). The molecule has 1 N–H and O–H groups in total. The first-order valence-electron chi connectivity index (χ1n) is 6.89. The lowest BCUT2D eigenvalue weighted by Crippen LogP contribution is -2.06. The molecule has 1 aliphatic heterocycles. The lowest BCUT2D eigenvalue weighted by Gasteiger charge is -2.08. The molecule has 19 heavy (non-hydrogen) atoms. The second-order valence-electron chi connectivity index (χ2n) is 5.33. The van der Waals surface area contributed by atoms with Crippen molar-refractivity contribution in [2.75, 3.05) is 0 Å². The number of pyridine rings is 1. The molecule has 0 spiro atoms. The van der Waals surface area contributed by atoms with Gasteiger partial charge in [0, 0.05) is 36.5 Å². The summed E-state index contributed by atoms with van der Waals surface area (Å²) < 4.78 is 0. The van der Waals surface area contributed by atoms with Crippen LogP contribution in [0.1, 0.15) is 47.2 Å². The second-order valence-corrected chi connectivity index (χ2v) is 5.33. The van der Waals surface area contributed by atoms with Crippen LogP contribution in [0, 0.1) is 0 Å². The summed E-state index contributed by atoms with van der Waals surface area (Å²) in [7, 11) is 0. The Morgan fingerprint density at radius 2 is 2.11 bits per heavy atom. The van der Waals surface area contributed by atoms with Gasteiger partial charge < -0.3 is 5.32 Å². The quantitative estimate of drug-likeness (QED) is 0.907. The van der Waals surface area contributed by atoms with Crippen molar-refractivity contribution in [1.29, 1.82) is 0 Å². The molecule has 0 saturated heterocycles. The SMILES string of the molecule is c1ccc(Cc2nc3c(c(C4CC4)n2)CNC3)nc1. The maximum atomic E-state index is 4.81. The van der Waals surface area contributed by atoms with Gasteiger partial charge in [-0.25, -0.2) is 9.97 Å². The molecular formula is C15H16N4. The molecule has 2 aromatic rings. The van der Waals surface area contributed by atoms with Gasteiger partial charge in [-0.2, -0.15) is 0 Å². The highest BCUT2D eigenvalue weighted by Crippen LogP contribution is 2.41. The topological polar surface area (TPSA) is 50.7 Å². The molecule has 0 atom stereocenters. The summed E-state index contributed by atoms with van der Waals surface area (Å²) >= 11 is 0. The molecule has 2 aliphatic rings. The van der Waals surface area contributed by atoms with Crippen molar-refractivity contribution < 1.29 is 0 Å². The Morgan fingerprint density at radius 1 is 1.16 bits per heavy atom. The summed E-state index contributed by atoms with van der Waals surface area (Å²) in [6.45, 7) is 1.82. The van der Waals surface area contributed by atoms with Crippen molar-refractivity contribution >= 4 is 0 Å². The van der Waals surface area contributed by atoms with E-state index in [1.54, 1.807) is 0 Å². The van der Waals surface area contributed by atoms with E-state index in [1.165, 1.54) is 29.8 Å². The third-order valence-electron chi connectivity index (χ3n) is 3.79. The van der Waals surface area contributed by atoms with Crippen molar-refractivity contribution in [2.24, 2.45) is 0 Å². The summed E-state index contributed by atoms with van der Waals surface area (Å²) in [6.07, 6.45) is 5.12. The van der Waals surface area contributed by atoms with E-state index in [2.05, 4.69) is 10.3 Å². The number of rotatable bonds is 3. The average Bonchev–Trinajstić information content (AvgIpc) is 3.17. The third-order valence-corrected chi connectivity index (χ3v) is 3.79. The van der Waals surface area contributed by atoms with E-state index < -0.39 is 0 Å². The Labute approximate surface area is 112 Å². The minimum absolute atomic E-state index is 0.680. The molecule has 1 saturated carbocycles. The molecule has 0 amide bonds. The van der Waals surface area contributed by atoms with Crippen LogP contribution in [0.2, 0.25) is 0 Å². The van der Waals surface area contributed by atoms with Gasteiger partial charge >= 0.3 is 0 Å². The van der Waals surface area contributed by atoms with E-state index in [9.17, 15) is 0 Å². The lowest BCUT2D eigenvalue weighted by molar-refractivity contribution is 0.754. The summed E-state index contributed by atoms with van der Waals surface area (Å²) in [6, 6.07) is 5.98. The third kappa shape index (κ3) is 2.12. The fraction of sp³-hybridized carbons (Fsp3) is 0.400. The second kappa shape index (κ2) is 4.38. The first-order chi connectivity index (χ1) is 9.40. The summed E-state index contributed by atoms with van der Waals surface area (Å²) in [4.78, 5) is 13.9. The van der Waals surface area contributed by atoms with Gasteiger partial charge in [-0.05, 0) is 25.0 Å². The summed E-state index contributed by atoms with van der Waals surface area (Å²) in [5.41, 5.74) is 4.88. The van der Waals surface area contributed by atoms with E-state index in [-0.39, 0.29) is 0 Å². The van der Waals surface area contributed by atoms with Gasteiger partial charge in [-0.15, -0.1) is 0 Å². The minimum Gasteiger partial charge on any atom is -0.307 e. The first kappa shape index (κ1) is 11.1. The Balaban J connectivity index is 1.71. The van der Waals surface area contributed by atoms with Gasteiger partial charge in [-0.3, -0.25) is 4.98 Å². The van der Waals surface area contributed by atoms with Crippen molar-refractivity contribution in [3.05, 3.63) is 52.9 Å². The van der Waals surface area contributed by atoms with Gasteiger partial charge in [0.05, 0.1) is 17.8 Å². The fourth-order valence-electron chi connectivity index (χ4n) is 2.69. The molecule has 96 valence electrons. The van der Waals surface area contributed by atoms with Crippen LogP contribution >= 0.6 is 0 Å². The van der Waals surface area contributed by atoms with E-state index in [4.69, 9.17) is 9.97 Å². The largest absolute Gasteiger partial charge is 0.307 e. The molecule has 0 bridgehead atoms. The van der Waals surface area contributed by atoms with Crippen LogP contribution in [0.3, 0.4) is 0 Å². The zero-order valence-electron chi connectivity index (χ0n) is 10.8. The van der Waals surface area contributed by atoms with Crippen molar-refractivity contribution in [1.82, 2.24) is 20.3 Å². The van der Waals surface area contributed by atoms with Crippen LogP contribution in [-0.2, 0) is 19.5 Å². The Morgan fingerprint density at radius 3 is 2.89 bits per heavy atom. The summed E-state index contributed by atoms with van der Waals surface area (Å²) in [5, 5.41) is 3.38. The average molecular weight is 252 g/mol. The maximum Gasteiger partial charge on any atom is 0.134 e. The van der Waals surface area contributed by atoms with Crippen LogP contribution in [-0.4, -0.2) is 15.0 Å². The lowest BCUT2D eigenvalue weighted by atomic mass is 10.1. The van der Waals surface area contributed by atoms with E-state index >= 15 is 0 Å². The van der Waals surface area contributed by atoms with Crippen molar-refractivity contribution in [3.8, 4) is 0 Å². The van der Waals surface area contributed by atoms with Crippen molar-refractivity contribution in [3.63, 3.8) is 0 Å². The van der Waals surface area contributed by atoms with Crippen LogP contribution in [0.15, 0.2) is 24.4 Å². The number of aromatic nitrogens is 3. The molecule has 2 aromatic heterocycles. The fourth-order valence-corrected chi connectivity index (χ4v) is 2.69. The number of fused-ring (bicyclic) bond motifs is 1. The molecular weight excluding hydrogens is 236 g/mol. The highest BCUT2D eigenvalue weighted by atomic mass is 15.0. The van der Waals surface area contributed by atoms with Gasteiger partial charge in [0.25, 0.3) is 0 Å². The van der Waals surface area contributed by atoms with Crippen LogP contribution < -0.4 is 5.32 Å². The van der Waals surface area contributed by atoms with Gasteiger partial charge in [0.2, 0.25) is 0 Å². The van der Waals surface area contributed by atoms with E-state index in [1.807, 2.05) is 24.4 Å². The molecule has 0 aromatic carbocycles. The number of hydrogen-bond donors (Lipinski definition) is 1. The zero-order chi connectivity index (χ0) is 12.7. The maximum absolute atomic E-state index is 4.81. The highest BCUT2D eigenvalue weighted by Gasteiger charge is 2.31. The zero-order valence-corrected chi connectivity index (χ0v) is 10.8. The van der Waals surface area contributed by atoms with Crippen molar-refractivity contribution in [2.45, 2.75) is 38.3 Å². The smallest absolute Gasteiger partial charge is 0.134 e. The predicted molar refractivity (Wildman–Crippen MR) is 71.6 cm³/mol. The van der Waals surface area contributed by atoms with Gasteiger partial charge in [0.15, 0.2) is 0 Å². The molecule has 4 nitrogen and oxygen atoms in total. The van der Waals surface area contributed by atoms with Crippen LogP contribution in [0.4, 0.5) is 0 Å². The monoisotopic (exact) mass is 252 g/mol. The normalized spacial score (nSPS) is 17.5. The predicted octanol–water partition coefficient (Wildman–Crippen LogP) is 1.94. The molecule has 3 heterocycles. The van der Waals surface area contributed by atoms with Gasteiger partial charge in [0.1, 0.15) is 5.82 Å². The molecule has 0 unspecified atom stereocenters. The highest BCUT2D eigenvalue weighted by molar-refractivity contribution is 5.34. The minimum atomic E-state index is 0.680. The standard InChI is InChI=1S/C15H16N4/c1-2-6-17-11(3-1)7-14-18-13-9-16-8-12(13)15(19-14)10-4-5-10/h1-3,6,10,16H,4-5,7-9H2.